The Balaban J connectivity index is 2.75. The first kappa shape index (κ1) is 15.3. The lowest BCUT2D eigenvalue weighted by molar-refractivity contribution is -0.120. The van der Waals surface area contributed by atoms with E-state index >= 15 is 0 Å². The molecule has 0 aromatic heterocycles. The van der Waals surface area contributed by atoms with Gasteiger partial charge in [0.15, 0.2) is 0 Å². The van der Waals surface area contributed by atoms with Crippen molar-refractivity contribution in [3.8, 4) is 5.75 Å². The monoisotopic (exact) mass is 281 g/mol. The Morgan fingerprint density at radius 1 is 1.30 bits per heavy atom. The SMILES string of the molecule is CNC(=O)CN(C)C(=O)Nc1ccc(C(=O)O)cc1O. The highest BCUT2D eigenvalue weighted by Crippen LogP contribution is 2.24. The van der Waals surface area contributed by atoms with Crippen molar-refractivity contribution in [2.24, 2.45) is 0 Å². The van der Waals surface area contributed by atoms with Crippen molar-refractivity contribution in [1.82, 2.24) is 10.2 Å². The minimum absolute atomic E-state index is 0.0590. The maximum Gasteiger partial charge on any atom is 0.335 e. The number of carbonyl (C=O) groups is 3. The first-order valence-corrected chi connectivity index (χ1v) is 5.64. The zero-order chi connectivity index (χ0) is 15.3. The summed E-state index contributed by atoms with van der Waals surface area (Å²) in [6, 6.07) is 2.93. The number of aromatic hydroxyl groups is 1. The van der Waals surface area contributed by atoms with Crippen molar-refractivity contribution in [2.75, 3.05) is 26.0 Å². The van der Waals surface area contributed by atoms with Crippen molar-refractivity contribution < 1.29 is 24.6 Å². The number of rotatable bonds is 4. The fourth-order valence-electron chi connectivity index (χ4n) is 1.35. The molecule has 0 bridgehead atoms. The molecule has 0 aliphatic carbocycles. The number of phenols is 1. The second-order valence-corrected chi connectivity index (χ2v) is 4.00. The topological polar surface area (TPSA) is 119 Å². The third kappa shape index (κ3) is 3.87. The van der Waals surface area contributed by atoms with E-state index in [-0.39, 0.29) is 29.5 Å². The van der Waals surface area contributed by atoms with Gasteiger partial charge in [-0.25, -0.2) is 9.59 Å². The Bertz CT molecular complexity index is 544. The molecular weight excluding hydrogens is 266 g/mol. The van der Waals surface area contributed by atoms with Crippen LogP contribution in [-0.4, -0.2) is 53.7 Å². The van der Waals surface area contributed by atoms with Gasteiger partial charge in [-0.15, -0.1) is 0 Å². The Kier molecular flexibility index (Phi) is 4.90. The number of amides is 3. The normalized spacial score (nSPS) is 9.70. The zero-order valence-electron chi connectivity index (χ0n) is 11.0. The van der Waals surface area contributed by atoms with Crippen LogP contribution >= 0.6 is 0 Å². The van der Waals surface area contributed by atoms with Crippen LogP contribution < -0.4 is 10.6 Å². The molecule has 108 valence electrons. The van der Waals surface area contributed by atoms with Gasteiger partial charge >= 0.3 is 12.0 Å². The molecule has 0 saturated heterocycles. The molecule has 1 aromatic rings. The molecule has 4 N–H and O–H groups in total. The van der Waals surface area contributed by atoms with Crippen LogP contribution in [0.25, 0.3) is 0 Å². The number of nitrogens with one attached hydrogen (secondary N) is 2. The maximum atomic E-state index is 11.7. The summed E-state index contributed by atoms with van der Waals surface area (Å²) in [5.41, 5.74) is -0.0389. The van der Waals surface area contributed by atoms with Gasteiger partial charge in [0.2, 0.25) is 5.91 Å². The van der Waals surface area contributed by atoms with Gasteiger partial charge in [0.1, 0.15) is 12.3 Å². The van der Waals surface area contributed by atoms with Crippen LogP contribution in [0.2, 0.25) is 0 Å². The summed E-state index contributed by atoms with van der Waals surface area (Å²) in [6.07, 6.45) is 0. The number of hydrogen-bond acceptors (Lipinski definition) is 4. The largest absolute Gasteiger partial charge is 0.506 e. The van der Waals surface area contributed by atoms with Gasteiger partial charge in [0.25, 0.3) is 0 Å². The third-order valence-electron chi connectivity index (χ3n) is 2.49. The fraction of sp³-hybridized carbons (Fsp3) is 0.250. The van der Waals surface area contributed by atoms with Gasteiger partial charge in [0, 0.05) is 14.1 Å². The molecule has 0 radical (unpaired) electrons. The predicted octanol–water partition coefficient (Wildman–Crippen LogP) is 0.300. The van der Waals surface area contributed by atoms with E-state index in [4.69, 9.17) is 5.11 Å². The molecule has 0 fully saturated rings. The van der Waals surface area contributed by atoms with Gasteiger partial charge in [-0.1, -0.05) is 0 Å². The van der Waals surface area contributed by atoms with E-state index < -0.39 is 12.0 Å². The van der Waals surface area contributed by atoms with E-state index in [1.807, 2.05) is 0 Å². The van der Waals surface area contributed by atoms with Crippen LogP contribution in [0, 0.1) is 0 Å². The van der Waals surface area contributed by atoms with Gasteiger partial charge in [0.05, 0.1) is 11.3 Å². The van der Waals surface area contributed by atoms with Crippen LogP contribution in [0.3, 0.4) is 0 Å². The van der Waals surface area contributed by atoms with Crippen molar-refractivity contribution in [3.05, 3.63) is 23.8 Å². The number of aromatic carboxylic acids is 1. The summed E-state index contributed by atoms with van der Waals surface area (Å²) in [6.45, 7) is -0.143. The number of carbonyl (C=O) groups excluding carboxylic acids is 2. The molecule has 0 aliphatic rings. The Hall–Kier alpha value is -2.77. The van der Waals surface area contributed by atoms with E-state index in [0.717, 1.165) is 11.0 Å². The number of nitrogens with zero attached hydrogens (tertiary/aromatic N) is 1. The van der Waals surface area contributed by atoms with Crippen molar-refractivity contribution in [2.45, 2.75) is 0 Å². The fourth-order valence-corrected chi connectivity index (χ4v) is 1.35. The number of benzene rings is 1. The molecule has 0 unspecified atom stereocenters. The van der Waals surface area contributed by atoms with Crippen molar-refractivity contribution >= 4 is 23.6 Å². The van der Waals surface area contributed by atoms with Gasteiger partial charge in [-0.3, -0.25) is 4.79 Å². The molecular formula is C12H15N3O5. The highest BCUT2D eigenvalue weighted by molar-refractivity contribution is 5.95. The predicted molar refractivity (Wildman–Crippen MR) is 70.8 cm³/mol. The summed E-state index contributed by atoms with van der Waals surface area (Å²) in [4.78, 5) is 34.7. The number of anilines is 1. The summed E-state index contributed by atoms with van der Waals surface area (Å²) in [5, 5.41) is 23.1. The molecule has 0 spiro atoms. The average Bonchev–Trinajstić information content (AvgIpc) is 2.40. The van der Waals surface area contributed by atoms with Crippen LogP contribution in [0.15, 0.2) is 18.2 Å². The lowest BCUT2D eigenvalue weighted by Gasteiger charge is -2.17. The molecule has 0 heterocycles. The maximum absolute atomic E-state index is 11.7. The van der Waals surface area contributed by atoms with Crippen LogP contribution in [0.5, 0.6) is 5.75 Å². The Morgan fingerprint density at radius 2 is 1.95 bits per heavy atom. The smallest absolute Gasteiger partial charge is 0.335 e. The van der Waals surface area contributed by atoms with Gasteiger partial charge < -0.3 is 25.7 Å². The number of hydrogen-bond donors (Lipinski definition) is 4. The molecule has 0 saturated carbocycles. The Morgan fingerprint density at radius 3 is 2.45 bits per heavy atom. The summed E-state index contributed by atoms with van der Waals surface area (Å²) < 4.78 is 0. The van der Waals surface area contributed by atoms with Crippen LogP contribution in [-0.2, 0) is 4.79 Å². The molecule has 8 nitrogen and oxygen atoms in total. The van der Waals surface area contributed by atoms with Crippen molar-refractivity contribution in [1.29, 1.82) is 0 Å². The Labute approximate surface area is 115 Å². The molecule has 8 heteroatoms. The van der Waals surface area contributed by atoms with Crippen molar-refractivity contribution in [3.63, 3.8) is 0 Å². The number of urea groups is 1. The van der Waals surface area contributed by atoms with Gasteiger partial charge in [-0.2, -0.15) is 0 Å². The number of phenolic OH excluding ortho intramolecular Hbond substituents is 1. The molecule has 1 aromatic carbocycles. The minimum Gasteiger partial charge on any atom is -0.506 e. The highest BCUT2D eigenvalue weighted by Gasteiger charge is 2.14. The quantitative estimate of drug-likeness (QED) is 0.592. The number of carboxylic acids is 1. The summed E-state index contributed by atoms with van der Waals surface area (Å²) >= 11 is 0. The molecule has 0 atom stereocenters. The molecule has 3 amide bonds. The first-order valence-electron chi connectivity index (χ1n) is 5.64. The number of likely N-dealkylation sites (N-methyl/N-ethyl adjacent to an activating group) is 2. The third-order valence-corrected chi connectivity index (χ3v) is 2.49. The molecule has 1 rings (SSSR count). The number of carboxylic acid groups (broad SMARTS) is 1. The van der Waals surface area contributed by atoms with Crippen LogP contribution in [0.4, 0.5) is 10.5 Å². The lowest BCUT2D eigenvalue weighted by atomic mass is 10.2. The zero-order valence-corrected chi connectivity index (χ0v) is 11.0. The standard InChI is InChI=1S/C12H15N3O5/c1-13-10(17)6-15(2)12(20)14-8-4-3-7(11(18)19)5-9(8)16/h3-5,16H,6H2,1-2H3,(H,13,17)(H,14,20)(H,18,19). The van der Waals surface area contributed by atoms with E-state index in [9.17, 15) is 19.5 Å². The lowest BCUT2D eigenvalue weighted by Crippen LogP contribution is -2.39. The van der Waals surface area contributed by atoms with Crippen LogP contribution in [0.1, 0.15) is 10.4 Å². The van der Waals surface area contributed by atoms with E-state index in [2.05, 4.69) is 10.6 Å². The molecule has 20 heavy (non-hydrogen) atoms. The van der Waals surface area contributed by atoms with E-state index in [0.29, 0.717) is 0 Å². The van der Waals surface area contributed by atoms with Gasteiger partial charge in [-0.05, 0) is 18.2 Å². The summed E-state index contributed by atoms with van der Waals surface area (Å²) in [7, 11) is 2.86. The highest BCUT2D eigenvalue weighted by atomic mass is 16.4. The second kappa shape index (κ2) is 6.41. The van der Waals surface area contributed by atoms with E-state index in [1.165, 1.54) is 26.2 Å². The van der Waals surface area contributed by atoms with E-state index in [1.54, 1.807) is 0 Å². The first-order chi connectivity index (χ1) is 9.35. The second-order valence-electron chi connectivity index (χ2n) is 4.00. The average molecular weight is 281 g/mol. The minimum atomic E-state index is -1.19. The summed E-state index contributed by atoms with van der Waals surface area (Å²) in [5.74, 6) is -1.89. The molecule has 0 aliphatic heterocycles.